The van der Waals surface area contributed by atoms with Gasteiger partial charge in [-0.1, -0.05) is 18.2 Å². The number of alkyl halides is 3. The number of hydrogen-bond donors (Lipinski definition) is 1. The van der Waals surface area contributed by atoms with E-state index in [1.165, 1.54) is 11.1 Å². The Hall–Kier alpha value is -1.03. The molecule has 0 saturated carbocycles. The van der Waals surface area contributed by atoms with Gasteiger partial charge in [0, 0.05) is 13.0 Å². The molecule has 1 N–H and O–H groups in total. The summed E-state index contributed by atoms with van der Waals surface area (Å²) in [6.07, 6.45) is -3.07. The average molecular weight is 243 g/mol. The third-order valence-corrected chi connectivity index (χ3v) is 3.14. The fourth-order valence-electron chi connectivity index (χ4n) is 2.32. The van der Waals surface area contributed by atoms with Gasteiger partial charge in [0.05, 0.1) is 0 Å². The van der Waals surface area contributed by atoms with E-state index in [-0.39, 0.29) is 6.42 Å². The number of rotatable bonds is 3. The van der Waals surface area contributed by atoms with Gasteiger partial charge in [-0.2, -0.15) is 13.2 Å². The number of fused-ring (bicyclic) bond motifs is 1. The van der Waals surface area contributed by atoms with Gasteiger partial charge < -0.3 is 5.32 Å². The lowest BCUT2D eigenvalue weighted by Gasteiger charge is -2.20. The molecule has 1 aromatic rings. The van der Waals surface area contributed by atoms with Crippen LogP contribution in [0.2, 0.25) is 0 Å². The minimum atomic E-state index is -4.03. The number of aryl methyl sites for hydroxylation is 1. The first-order valence-electron chi connectivity index (χ1n) is 5.93. The van der Waals surface area contributed by atoms with Gasteiger partial charge in [0.2, 0.25) is 0 Å². The van der Waals surface area contributed by atoms with Crippen LogP contribution in [0.5, 0.6) is 0 Å². The third-order valence-electron chi connectivity index (χ3n) is 3.14. The van der Waals surface area contributed by atoms with Crippen LogP contribution in [0.3, 0.4) is 0 Å². The van der Waals surface area contributed by atoms with E-state index in [1.807, 2.05) is 12.1 Å². The van der Waals surface area contributed by atoms with Crippen LogP contribution in [0, 0.1) is 0 Å². The molecule has 1 aliphatic rings. The molecule has 0 radical (unpaired) electrons. The Bertz CT molecular complexity index is 385. The van der Waals surface area contributed by atoms with Gasteiger partial charge >= 0.3 is 6.18 Å². The van der Waals surface area contributed by atoms with Gasteiger partial charge in [0.1, 0.15) is 0 Å². The highest BCUT2D eigenvalue weighted by atomic mass is 19.4. The third kappa shape index (κ3) is 3.46. The van der Waals surface area contributed by atoms with Gasteiger partial charge in [-0.25, -0.2) is 0 Å². The summed E-state index contributed by atoms with van der Waals surface area (Å²) in [7, 11) is 0. The molecule has 4 heteroatoms. The number of benzene rings is 1. The highest BCUT2D eigenvalue weighted by Crippen LogP contribution is 2.25. The Morgan fingerprint density at radius 2 is 2.06 bits per heavy atom. The molecular formula is C13H16F3N. The monoisotopic (exact) mass is 243 g/mol. The summed E-state index contributed by atoms with van der Waals surface area (Å²) in [5.41, 5.74) is 3.59. The minimum absolute atomic E-state index is 0.188. The number of nitrogens with one attached hydrogen (secondary N) is 1. The molecule has 1 nitrogen and oxygen atoms in total. The summed E-state index contributed by atoms with van der Waals surface area (Å²) >= 11 is 0. The van der Waals surface area contributed by atoms with Gasteiger partial charge in [-0.3, -0.25) is 0 Å². The van der Waals surface area contributed by atoms with E-state index < -0.39 is 12.6 Å². The average Bonchev–Trinajstić information content (AvgIpc) is 2.28. The van der Waals surface area contributed by atoms with E-state index in [4.69, 9.17) is 0 Å². The molecular weight excluding hydrogens is 227 g/mol. The lowest BCUT2D eigenvalue weighted by molar-refractivity contribution is -0.135. The van der Waals surface area contributed by atoms with E-state index in [2.05, 4.69) is 11.4 Å². The molecule has 2 rings (SSSR count). The standard InChI is InChI=1S/C13H16F3N/c14-13(15,16)7-2-5-10-3-1-4-11-9-17-8-6-12(10)11/h1,3-4,17H,2,5-9H2. The second kappa shape index (κ2) is 5.08. The first kappa shape index (κ1) is 12.4. The molecule has 0 saturated heterocycles. The fourth-order valence-corrected chi connectivity index (χ4v) is 2.32. The maximum Gasteiger partial charge on any atom is 0.389 e. The smallest absolute Gasteiger partial charge is 0.312 e. The fraction of sp³-hybridized carbons (Fsp3) is 0.538. The van der Waals surface area contributed by atoms with E-state index >= 15 is 0 Å². The summed E-state index contributed by atoms with van der Waals surface area (Å²) in [6, 6.07) is 5.95. The maximum absolute atomic E-state index is 12.1. The Morgan fingerprint density at radius 1 is 1.24 bits per heavy atom. The van der Waals surface area contributed by atoms with Crippen LogP contribution in [0.4, 0.5) is 13.2 Å². The molecule has 0 aromatic heterocycles. The molecule has 0 aliphatic carbocycles. The van der Waals surface area contributed by atoms with Crippen molar-refractivity contribution in [2.75, 3.05) is 6.54 Å². The Labute approximate surface area is 99.0 Å². The van der Waals surface area contributed by atoms with Crippen molar-refractivity contribution in [1.82, 2.24) is 5.32 Å². The molecule has 0 amide bonds. The largest absolute Gasteiger partial charge is 0.389 e. The summed E-state index contributed by atoms with van der Waals surface area (Å²) < 4.78 is 36.3. The van der Waals surface area contributed by atoms with Crippen LogP contribution in [-0.2, 0) is 19.4 Å². The SMILES string of the molecule is FC(F)(F)CCCc1cccc2c1CCNC2. The van der Waals surface area contributed by atoms with E-state index in [1.54, 1.807) is 0 Å². The molecule has 94 valence electrons. The zero-order valence-corrected chi connectivity index (χ0v) is 9.61. The normalized spacial score (nSPS) is 15.7. The van der Waals surface area contributed by atoms with E-state index in [9.17, 15) is 13.2 Å². The molecule has 1 aliphatic heterocycles. The highest BCUT2D eigenvalue weighted by molar-refractivity contribution is 5.37. The van der Waals surface area contributed by atoms with Crippen molar-refractivity contribution in [2.45, 2.75) is 38.4 Å². The lowest BCUT2D eigenvalue weighted by Crippen LogP contribution is -2.24. The maximum atomic E-state index is 12.1. The summed E-state index contributed by atoms with van der Waals surface area (Å²) in [5, 5.41) is 3.27. The van der Waals surface area contributed by atoms with Crippen LogP contribution in [0.1, 0.15) is 29.5 Å². The second-order valence-corrected chi connectivity index (χ2v) is 4.45. The van der Waals surface area contributed by atoms with Crippen LogP contribution in [0.15, 0.2) is 18.2 Å². The summed E-state index contributed by atoms with van der Waals surface area (Å²) in [4.78, 5) is 0. The molecule has 0 bridgehead atoms. The van der Waals surface area contributed by atoms with Crippen molar-refractivity contribution in [3.8, 4) is 0 Å². The minimum Gasteiger partial charge on any atom is -0.312 e. The first-order valence-corrected chi connectivity index (χ1v) is 5.93. The van der Waals surface area contributed by atoms with Gasteiger partial charge in [-0.15, -0.1) is 0 Å². The molecule has 0 atom stereocenters. The Kier molecular flexibility index (Phi) is 3.72. The van der Waals surface area contributed by atoms with Crippen LogP contribution < -0.4 is 5.32 Å². The molecule has 0 fully saturated rings. The molecule has 0 unspecified atom stereocenters. The van der Waals surface area contributed by atoms with Gasteiger partial charge in [-0.05, 0) is 42.5 Å². The van der Waals surface area contributed by atoms with Gasteiger partial charge in [0.25, 0.3) is 0 Å². The highest BCUT2D eigenvalue weighted by Gasteiger charge is 2.26. The molecule has 17 heavy (non-hydrogen) atoms. The quantitative estimate of drug-likeness (QED) is 0.859. The van der Waals surface area contributed by atoms with Crippen molar-refractivity contribution in [2.24, 2.45) is 0 Å². The molecule has 1 aromatic carbocycles. The van der Waals surface area contributed by atoms with Crippen molar-refractivity contribution < 1.29 is 13.2 Å². The first-order chi connectivity index (χ1) is 8.06. The van der Waals surface area contributed by atoms with Gasteiger partial charge in [0.15, 0.2) is 0 Å². The van der Waals surface area contributed by atoms with Crippen molar-refractivity contribution in [3.63, 3.8) is 0 Å². The lowest BCUT2D eigenvalue weighted by atomic mass is 9.93. The summed E-state index contributed by atoms with van der Waals surface area (Å²) in [5.74, 6) is 0. The number of halogens is 3. The predicted molar refractivity (Wildman–Crippen MR) is 60.8 cm³/mol. The van der Waals surface area contributed by atoms with Crippen LogP contribution in [0.25, 0.3) is 0 Å². The summed E-state index contributed by atoms with van der Waals surface area (Å²) in [6.45, 7) is 1.76. The zero-order valence-electron chi connectivity index (χ0n) is 9.61. The molecule has 1 heterocycles. The van der Waals surface area contributed by atoms with Crippen molar-refractivity contribution in [1.29, 1.82) is 0 Å². The van der Waals surface area contributed by atoms with E-state index in [0.717, 1.165) is 25.1 Å². The molecule has 0 spiro atoms. The van der Waals surface area contributed by atoms with E-state index in [0.29, 0.717) is 6.42 Å². The second-order valence-electron chi connectivity index (χ2n) is 4.45. The Morgan fingerprint density at radius 3 is 2.82 bits per heavy atom. The van der Waals surface area contributed by atoms with Crippen molar-refractivity contribution in [3.05, 3.63) is 34.9 Å². The van der Waals surface area contributed by atoms with Crippen LogP contribution >= 0.6 is 0 Å². The number of hydrogen-bond acceptors (Lipinski definition) is 1. The Balaban J connectivity index is 2.01. The topological polar surface area (TPSA) is 12.0 Å². The zero-order chi connectivity index (χ0) is 12.3. The predicted octanol–water partition coefficient (Wildman–Crippen LogP) is 3.22. The van der Waals surface area contributed by atoms with Crippen LogP contribution in [-0.4, -0.2) is 12.7 Å². The van der Waals surface area contributed by atoms with Crippen molar-refractivity contribution >= 4 is 0 Å².